The number of rotatable bonds is 6. The van der Waals surface area contributed by atoms with Crippen molar-refractivity contribution in [1.29, 1.82) is 0 Å². The van der Waals surface area contributed by atoms with Crippen molar-refractivity contribution in [1.82, 2.24) is 4.57 Å². The molecule has 0 amide bonds. The average Bonchev–Trinajstić information content (AvgIpc) is 2.78. The van der Waals surface area contributed by atoms with E-state index in [0.29, 0.717) is 0 Å². The van der Waals surface area contributed by atoms with Gasteiger partial charge in [-0.05, 0) is 56.5 Å². The Bertz CT molecular complexity index is 569. The average molecular weight is 274 g/mol. The van der Waals surface area contributed by atoms with Crippen LogP contribution in [0, 0.1) is 5.41 Å². The molecule has 3 heteroatoms. The number of nitrogens with zero attached hydrogens (tertiary/aromatic N) is 1. The van der Waals surface area contributed by atoms with Gasteiger partial charge in [0.25, 0.3) is 0 Å². The minimum absolute atomic E-state index is 0.192. The van der Waals surface area contributed by atoms with Crippen LogP contribution in [-0.4, -0.2) is 17.2 Å². The zero-order valence-electron chi connectivity index (χ0n) is 13.0. The first-order valence-electron chi connectivity index (χ1n) is 7.37. The topological polar surface area (TPSA) is 40.2 Å². The van der Waals surface area contributed by atoms with Crippen LogP contribution in [-0.2, 0) is 6.54 Å². The van der Waals surface area contributed by atoms with Crippen LogP contribution in [0.25, 0.3) is 10.9 Å². The Kier molecular flexibility index (Phi) is 4.39. The molecule has 2 N–H and O–H groups in total. The van der Waals surface area contributed by atoms with Crippen LogP contribution in [0.1, 0.15) is 34.1 Å². The Labute approximate surface area is 121 Å². The number of aryl methyl sites for hydroxylation is 1. The second-order valence-electron chi connectivity index (χ2n) is 6.51. The molecule has 0 aliphatic carbocycles. The smallest absolute Gasteiger partial charge is 0.120 e. The summed E-state index contributed by atoms with van der Waals surface area (Å²) in [6.07, 6.45) is 3.44. The first-order chi connectivity index (χ1) is 9.41. The van der Waals surface area contributed by atoms with Crippen molar-refractivity contribution >= 4 is 10.9 Å². The number of hydrogen-bond acceptors (Lipinski definition) is 2. The molecular weight excluding hydrogens is 248 g/mol. The highest BCUT2D eigenvalue weighted by atomic mass is 16.5. The zero-order valence-corrected chi connectivity index (χ0v) is 13.0. The molecule has 0 aliphatic heterocycles. The summed E-state index contributed by atoms with van der Waals surface area (Å²) in [6.45, 7) is 10.2. The van der Waals surface area contributed by atoms with Crippen LogP contribution in [0.2, 0.25) is 0 Å². The van der Waals surface area contributed by atoms with E-state index in [1.165, 1.54) is 10.9 Å². The van der Waals surface area contributed by atoms with E-state index >= 15 is 0 Å². The zero-order chi connectivity index (χ0) is 14.8. The quantitative estimate of drug-likeness (QED) is 0.870. The van der Waals surface area contributed by atoms with E-state index in [0.717, 1.165) is 25.3 Å². The van der Waals surface area contributed by atoms with E-state index in [4.69, 9.17) is 10.5 Å². The summed E-state index contributed by atoms with van der Waals surface area (Å²) in [5, 5.41) is 1.23. The van der Waals surface area contributed by atoms with Crippen molar-refractivity contribution in [3.8, 4) is 5.75 Å². The molecule has 1 heterocycles. The van der Waals surface area contributed by atoms with Gasteiger partial charge in [0, 0.05) is 23.6 Å². The lowest BCUT2D eigenvalue weighted by Gasteiger charge is -2.22. The van der Waals surface area contributed by atoms with Gasteiger partial charge in [0.1, 0.15) is 5.75 Å². The maximum Gasteiger partial charge on any atom is 0.120 e. The van der Waals surface area contributed by atoms with E-state index in [1.54, 1.807) is 0 Å². The molecule has 0 spiro atoms. The Morgan fingerprint density at radius 3 is 2.65 bits per heavy atom. The number of nitrogens with two attached hydrogens (primary N) is 1. The molecule has 0 saturated heterocycles. The van der Waals surface area contributed by atoms with Crippen LogP contribution in [0.3, 0.4) is 0 Å². The molecule has 110 valence electrons. The van der Waals surface area contributed by atoms with Crippen molar-refractivity contribution in [2.45, 2.75) is 46.8 Å². The van der Waals surface area contributed by atoms with Gasteiger partial charge in [-0.25, -0.2) is 0 Å². The van der Waals surface area contributed by atoms with Gasteiger partial charge in [0.15, 0.2) is 0 Å². The van der Waals surface area contributed by atoms with Gasteiger partial charge < -0.3 is 15.0 Å². The summed E-state index contributed by atoms with van der Waals surface area (Å²) in [5.74, 6) is 0.938. The Morgan fingerprint density at radius 2 is 2.00 bits per heavy atom. The van der Waals surface area contributed by atoms with Gasteiger partial charge in [0.05, 0.1) is 6.10 Å². The van der Waals surface area contributed by atoms with Crippen molar-refractivity contribution < 1.29 is 4.74 Å². The molecule has 3 nitrogen and oxygen atoms in total. The number of ether oxygens (including phenoxy) is 1. The SMILES string of the molecule is CC(C)Oc1ccc2c(ccn2CCC(C)(C)CN)c1. The predicted molar refractivity (Wildman–Crippen MR) is 85.2 cm³/mol. The van der Waals surface area contributed by atoms with Gasteiger partial charge >= 0.3 is 0 Å². The van der Waals surface area contributed by atoms with Crippen LogP contribution in [0.15, 0.2) is 30.5 Å². The van der Waals surface area contributed by atoms with E-state index in [2.05, 4.69) is 42.8 Å². The molecule has 0 atom stereocenters. The van der Waals surface area contributed by atoms with Crippen LogP contribution in [0.5, 0.6) is 5.75 Å². The second kappa shape index (κ2) is 5.88. The maximum absolute atomic E-state index is 5.80. The molecule has 1 aromatic carbocycles. The third-order valence-electron chi connectivity index (χ3n) is 3.70. The highest BCUT2D eigenvalue weighted by molar-refractivity contribution is 5.81. The van der Waals surface area contributed by atoms with Gasteiger partial charge in [-0.2, -0.15) is 0 Å². The number of fused-ring (bicyclic) bond motifs is 1. The molecule has 1 aromatic heterocycles. The second-order valence-corrected chi connectivity index (χ2v) is 6.51. The normalized spacial score (nSPS) is 12.3. The molecule has 0 bridgehead atoms. The molecule has 0 aliphatic rings. The predicted octanol–water partition coefficient (Wildman–Crippen LogP) is 3.80. The van der Waals surface area contributed by atoms with Crippen LogP contribution in [0.4, 0.5) is 0 Å². The van der Waals surface area contributed by atoms with E-state index in [1.807, 2.05) is 19.9 Å². The minimum atomic E-state index is 0.192. The fraction of sp³-hybridized carbons (Fsp3) is 0.529. The summed E-state index contributed by atoms with van der Waals surface area (Å²) < 4.78 is 8.03. The summed E-state index contributed by atoms with van der Waals surface area (Å²) in [7, 11) is 0. The van der Waals surface area contributed by atoms with Crippen LogP contribution >= 0.6 is 0 Å². The van der Waals surface area contributed by atoms with Crippen molar-refractivity contribution in [2.24, 2.45) is 11.1 Å². The lowest BCUT2D eigenvalue weighted by atomic mass is 9.90. The third-order valence-corrected chi connectivity index (χ3v) is 3.70. The van der Waals surface area contributed by atoms with E-state index in [9.17, 15) is 0 Å². The molecule has 20 heavy (non-hydrogen) atoms. The van der Waals surface area contributed by atoms with Crippen molar-refractivity contribution in [3.63, 3.8) is 0 Å². The lowest BCUT2D eigenvalue weighted by molar-refractivity contribution is 0.243. The van der Waals surface area contributed by atoms with Crippen molar-refractivity contribution in [2.75, 3.05) is 6.54 Å². The Balaban J connectivity index is 2.16. The lowest BCUT2D eigenvalue weighted by Crippen LogP contribution is -2.24. The van der Waals surface area contributed by atoms with Crippen molar-refractivity contribution in [3.05, 3.63) is 30.5 Å². The van der Waals surface area contributed by atoms with Crippen LogP contribution < -0.4 is 10.5 Å². The summed E-state index contributed by atoms with van der Waals surface area (Å²) >= 11 is 0. The molecule has 0 unspecified atom stereocenters. The molecule has 2 aromatic rings. The highest BCUT2D eigenvalue weighted by Gasteiger charge is 2.15. The highest BCUT2D eigenvalue weighted by Crippen LogP contribution is 2.25. The number of hydrogen-bond donors (Lipinski definition) is 1. The number of benzene rings is 1. The molecule has 2 rings (SSSR count). The van der Waals surface area contributed by atoms with E-state index in [-0.39, 0.29) is 11.5 Å². The Morgan fingerprint density at radius 1 is 1.25 bits per heavy atom. The standard InChI is InChI=1S/C17H26N2O/c1-13(2)20-15-5-6-16-14(11-15)7-9-19(16)10-8-17(3,4)12-18/h5-7,9,11,13H,8,10,12,18H2,1-4H3. The summed E-state index contributed by atoms with van der Waals surface area (Å²) in [6, 6.07) is 8.45. The summed E-state index contributed by atoms with van der Waals surface area (Å²) in [5.41, 5.74) is 7.25. The van der Waals surface area contributed by atoms with Gasteiger partial charge in [0.2, 0.25) is 0 Å². The third kappa shape index (κ3) is 3.54. The molecule has 0 saturated carbocycles. The maximum atomic E-state index is 5.80. The number of aromatic nitrogens is 1. The fourth-order valence-electron chi connectivity index (χ4n) is 2.24. The first kappa shape index (κ1) is 14.9. The Hall–Kier alpha value is -1.48. The molecular formula is C17H26N2O. The van der Waals surface area contributed by atoms with Gasteiger partial charge in [-0.3, -0.25) is 0 Å². The van der Waals surface area contributed by atoms with E-state index < -0.39 is 0 Å². The first-order valence-corrected chi connectivity index (χ1v) is 7.37. The monoisotopic (exact) mass is 274 g/mol. The molecule has 0 radical (unpaired) electrons. The van der Waals surface area contributed by atoms with Gasteiger partial charge in [-0.1, -0.05) is 13.8 Å². The molecule has 0 fully saturated rings. The minimum Gasteiger partial charge on any atom is -0.491 e. The largest absolute Gasteiger partial charge is 0.491 e. The summed E-state index contributed by atoms with van der Waals surface area (Å²) in [4.78, 5) is 0. The fourth-order valence-corrected chi connectivity index (χ4v) is 2.24. The van der Waals surface area contributed by atoms with Gasteiger partial charge in [-0.15, -0.1) is 0 Å².